The number of anilines is 1. The molecule has 34 heavy (non-hydrogen) atoms. The molecule has 0 radical (unpaired) electrons. The maximum atomic E-state index is 13.6. The van der Waals surface area contributed by atoms with Gasteiger partial charge in [0.25, 0.3) is 0 Å². The normalized spacial score (nSPS) is 12.1. The Balaban J connectivity index is 1.73. The summed E-state index contributed by atoms with van der Waals surface area (Å²) in [5, 5.41) is 6.95. The third-order valence-corrected chi connectivity index (χ3v) is 5.11. The molecule has 0 aliphatic carbocycles. The van der Waals surface area contributed by atoms with Crippen molar-refractivity contribution in [2.75, 3.05) is 12.4 Å². The van der Waals surface area contributed by atoms with Crippen molar-refractivity contribution in [1.29, 1.82) is 0 Å². The van der Waals surface area contributed by atoms with E-state index >= 15 is 0 Å². The first kappa shape index (κ1) is 23.2. The van der Waals surface area contributed by atoms with Gasteiger partial charge in [-0.3, -0.25) is 4.79 Å². The number of amides is 1. The molecule has 1 amide bonds. The molecule has 0 aliphatic rings. The molecule has 0 saturated heterocycles. The number of carbonyl (C=O) groups is 1. The van der Waals surface area contributed by atoms with Crippen LogP contribution in [0.4, 0.5) is 18.9 Å². The number of aromatic nitrogens is 4. The van der Waals surface area contributed by atoms with Crippen molar-refractivity contribution < 1.29 is 22.7 Å². The van der Waals surface area contributed by atoms with Crippen LogP contribution in [0.25, 0.3) is 28.2 Å². The molecular formula is C24H22F3N5O2. The molecule has 10 heteroatoms. The van der Waals surface area contributed by atoms with E-state index in [0.717, 1.165) is 11.6 Å². The molecule has 7 nitrogen and oxygen atoms in total. The number of ether oxygens (including phenoxy) is 1. The summed E-state index contributed by atoms with van der Waals surface area (Å²) >= 11 is 0. The molecule has 3 aromatic heterocycles. The zero-order valence-corrected chi connectivity index (χ0v) is 18.9. The first-order chi connectivity index (χ1) is 16.0. The number of imidazole rings is 1. The van der Waals surface area contributed by atoms with Gasteiger partial charge in [0, 0.05) is 28.8 Å². The third-order valence-electron chi connectivity index (χ3n) is 5.11. The largest absolute Gasteiger partial charge is 0.481 e. The van der Waals surface area contributed by atoms with Crippen LogP contribution in [0, 0.1) is 5.41 Å². The SMILES string of the molecule is COc1ccc(-c2ccc3nc(-c4ccc(C(F)(F)F)c(NC(=O)C(C)(C)C)c4)cn3n2)cn1. The van der Waals surface area contributed by atoms with Gasteiger partial charge < -0.3 is 10.1 Å². The smallest absolute Gasteiger partial charge is 0.418 e. The number of pyridine rings is 1. The number of benzene rings is 1. The summed E-state index contributed by atoms with van der Waals surface area (Å²) < 4.78 is 47.3. The Morgan fingerprint density at radius 3 is 2.35 bits per heavy atom. The maximum absolute atomic E-state index is 13.6. The summed E-state index contributed by atoms with van der Waals surface area (Å²) in [6.45, 7) is 4.88. The molecule has 4 aromatic rings. The van der Waals surface area contributed by atoms with Crippen molar-refractivity contribution in [3.63, 3.8) is 0 Å². The number of nitrogens with zero attached hydrogens (tertiary/aromatic N) is 4. The van der Waals surface area contributed by atoms with E-state index in [1.165, 1.54) is 19.2 Å². The Morgan fingerprint density at radius 2 is 1.74 bits per heavy atom. The average molecular weight is 469 g/mol. The van der Waals surface area contributed by atoms with Gasteiger partial charge >= 0.3 is 6.18 Å². The van der Waals surface area contributed by atoms with Gasteiger partial charge in [-0.25, -0.2) is 14.5 Å². The molecule has 1 aromatic carbocycles. The molecule has 0 atom stereocenters. The number of hydrogen-bond acceptors (Lipinski definition) is 5. The Hall–Kier alpha value is -3.95. The molecule has 3 heterocycles. The zero-order valence-electron chi connectivity index (χ0n) is 18.9. The number of hydrogen-bond donors (Lipinski definition) is 1. The standard InChI is InChI=1S/C24H22F3N5O2/c1-23(2,3)22(33)30-18-11-14(5-7-16(18)24(25,26)27)19-13-32-20(29-19)9-8-17(31-32)15-6-10-21(34-4)28-12-15/h5-13H,1-4H3,(H,30,33). The quantitative estimate of drug-likeness (QED) is 0.429. The Bertz CT molecular complexity index is 1360. The van der Waals surface area contributed by atoms with Crippen LogP contribution in [-0.4, -0.2) is 32.6 Å². The van der Waals surface area contributed by atoms with E-state index < -0.39 is 23.1 Å². The lowest BCUT2D eigenvalue weighted by Crippen LogP contribution is -2.28. The van der Waals surface area contributed by atoms with Gasteiger partial charge in [0.05, 0.1) is 35.9 Å². The third kappa shape index (κ3) is 4.70. The van der Waals surface area contributed by atoms with E-state index in [1.807, 2.05) is 6.07 Å². The maximum Gasteiger partial charge on any atom is 0.418 e. The number of nitrogens with one attached hydrogen (secondary N) is 1. The van der Waals surface area contributed by atoms with E-state index in [0.29, 0.717) is 28.5 Å². The summed E-state index contributed by atoms with van der Waals surface area (Å²) in [7, 11) is 1.53. The van der Waals surface area contributed by atoms with Crippen LogP contribution in [0.5, 0.6) is 5.88 Å². The highest BCUT2D eigenvalue weighted by Gasteiger charge is 2.35. The first-order valence-corrected chi connectivity index (χ1v) is 10.4. The topological polar surface area (TPSA) is 81.4 Å². The van der Waals surface area contributed by atoms with Crippen molar-refractivity contribution >= 4 is 17.2 Å². The molecule has 0 bridgehead atoms. The fourth-order valence-corrected chi connectivity index (χ4v) is 3.19. The minimum absolute atomic E-state index is 0.320. The fourth-order valence-electron chi connectivity index (χ4n) is 3.19. The van der Waals surface area contributed by atoms with Crippen LogP contribution in [0.15, 0.2) is 54.9 Å². The summed E-state index contributed by atoms with van der Waals surface area (Å²) in [4.78, 5) is 21.0. The first-order valence-electron chi connectivity index (χ1n) is 10.4. The van der Waals surface area contributed by atoms with E-state index in [4.69, 9.17) is 4.74 Å². The predicted octanol–water partition coefficient (Wildman–Crippen LogP) is 5.47. The van der Waals surface area contributed by atoms with Crippen molar-refractivity contribution in [3.05, 3.63) is 60.4 Å². The summed E-state index contributed by atoms with van der Waals surface area (Å²) in [5.74, 6) is -0.0454. The van der Waals surface area contributed by atoms with Gasteiger partial charge in [-0.1, -0.05) is 26.8 Å². The van der Waals surface area contributed by atoms with Gasteiger partial charge in [0.1, 0.15) is 0 Å². The van der Waals surface area contributed by atoms with Crippen molar-refractivity contribution in [2.24, 2.45) is 5.41 Å². The molecule has 0 fully saturated rings. The van der Waals surface area contributed by atoms with Gasteiger partial charge in [-0.2, -0.15) is 18.3 Å². The molecular weight excluding hydrogens is 447 g/mol. The molecule has 0 spiro atoms. The average Bonchev–Trinajstić information content (AvgIpc) is 3.21. The van der Waals surface area contributed by atoms with E-state index in [-0.39, 0.29) is 5.69 Å². The van der Waals surface area contributed by atoms with Crippen LogP contribution in [0.2, 0.25) is 0 Å². The Kier molecular flexibility index (Phi) is 5.76. The Labute approximate surface area is 193 Å². The minimum Gasteiger partial charge on any atom is -0.481 e. The van der Waals surface area contributed by atoms with Gasteiger partial charge in [-0.05, 0) is 30.3 Å². The van der Waals surface area contributed by atoms with Crippen LogP contribution < -0.4 is 10.1 Å². The van der Waals surface area contributed by atoms with Gasteiger partial charge in [0.2, 0.25) is 11.8 Å². The highest BCUT2D eigenvalue weighted by Crippen LogP contribution is 2.37. The van der Waals surface area contributed by atoms with Crippen molar-refractivity contribution in [1.82, 2.24) is 19.6 Å². The number of carbonyl (C=O) groups excluding carboxylic acids is 1. The number of rotatable bonds is 4. The highest BCUT2D eigenvalue weighted by atomic mass is 19.4. The lowest BCUT2D eigenvalue weighted by atomic mass is 9.95. The molecule has 176 valence electrons. The monoisotopic (exact) mass is 469 g/mol. The predicted molar refractivity (Wildman–Crippen MR) is 121 cm³/mol. The molecule has 0 aliphatic heterocycles. The van der Waals surface area contributed by atoms with E-state index in [2.05, 4.69) is 20.4 Å². The number of methoxy groups -OCH3 is 1. The number of alkyl halides is 3. The Morgan fingerprint density at radius 1 is 1.00 bits per heavy atom. The molecule has 0 unspecified atom stereocenters. The number of halogens is 3. The molecule has 4 rings (SSSR count). The van der Waals surface area contributed by atoms with E-state index in [9.17, 15) is 18.0 Å². The zero-order chi connectivity index (χ0) is 24.7. The molecule has 1 N–H and O–H groups in total. The fraction of sp³-hybridized carbons (Fsp3) is 0.250. The van der Waals surface area contributed by atoms with Crippen molar-refractivity contribution in [3.8, 4) is 28.4 Å². The van der Waals surface area contributed by atoms with Crippen molar-refractivity contribution in [2.45, 2.75) is 26.9 Å². The van der Waals surface area contributed by atoms with Crippen LogP contribution in [0.3, 0.4) is 0 Å². The summed E-state index contributed by atoms with van der Waals surface area (Å²) in [5.41, 5.74) is 0.633. The van der Waals surface area contributed by atoms with Crippen LogP contribution >= 0.6 is 0 Å². The van der Waals surface area contributed by atoms with Crippen LogP contribution in [0.1, 0.15) is 26.3 Å². The second kappa shape index (κ2) is 8.44. The van der Waals surface area contributed by atoms with Gasteiger partial charge in [-0.15, -0.1) is 0 Å². The van der Waals surface area contributed by atoms with Gasteiger partial charge in [0.15, 0.2) is 5.65 Å². The summed E-state index contributed by atoms with van der Waals surface area (Å²) in [6.07, 6.45) is -1.38. The van der Waals surface area contributed by atoms with Crippen LogP contribution in [-0.2, 0) is 11.0 Å². The number of fused-ring (bicyclic) bond motifs is 1. The highest BCUT2D eigenvalue weighted by molar-refractivity contribution is 5.96. The molecule has 0 saturated carbocycles. The lowest BCUT2D eigenvalue weighted by molar-refractivity contribution is -0.137. The van der Waals surface area contributed by atoms with E-state index in [1.54, 1.807) is 55.9 Å². The minimum atomic E-state index is -4.62. The second-order valence-electron chi connectivity index (χ2n) is 8.70. The summed E-state index contributed by atoms with van der Waals surface area (Å²) in [6, 6.07) is 10.6. The lowest BCUT2D eigenvalue weighted by Gasteiger charge is -2.20. The second-order valence-corrected chi connectivity index (χ2v) is 8.70.